The van der Waals surface area contributed by atoms with E-state index in [-0.39, 0.29) is 0 Å². The van der Waals surface area contributed by atoms with Gasteiger partial charge in [0.1, 0.15) is 12.4 Å². The predicted molar refractivity (Wildman–Crippen MR) is 68.8 cm³/mol. The van der Waals surface area contributed by atoms with E-state index in [1.165, 1.54) is 0 Å². The lowest BCUT2D eigenvalue weighted by atomic mass is 10.1. The highest BCUT2D eigenvalue weighted by molar-refractivity contribution is 5.81. The highest BCUT2D eigenvalue weighted by Crippen LogP contribution is 2.23. The molecule has 4 heteroatoms. The molecular weight excluding hydrogens is 228 g/mol. The van der Waals surface area contributed by atoms with E-state index in [4.69, 9.17) is 4.74 Å². The molecule has 0 bridgehead atoms. The van der Waals surface area contributed by atoms with Gasteiger partial charge in [0.05, 0.1) is 11.3 Å². The highest BCUT2D eigenvalue weighted by atomic mass is 16.5. The van der Waals surface area contributed by atoms with Crippen molar-refractivity contribution in [2.24, 2.45) is 7.05 Å². The van der Waals surface area contributed by atoms with Gasteiger partial charge in [0.15, 0.2) is 6.29 Å². The number of carbonyl (C=O) groups is 1. The smallest absolute Gasteiger partial charge is 0.154 e. The minimum atomic E-state index is 0.366. The number of rotatable bonds is 4. The summed E-state index contributed by atoms with van der Waals surface area (Å²) in [6.45, 7) is 4.25. The molecule has 2 rings (SSSR count). The van der Waals surface area contributed by atoms with Crippen LogP contribution in [0.5, 0.6) is 5.75 Å². The van der Waals surface area contributed by atoms with Crippen molar-refractivity contribution in [3.05, 3.63) is 46.8 Å². The Balaban J connectivity index is 2.20. The van der Waals surface area contributed by atoms with Crippen molar-refractivity contribution in [1.29, 1.82) is 0 Å². The van der Waals surface area contributed by atoms with Gasteiger partial charge < -0.3 is 4.74 Å². The Kier molecular flexibility index (Phi) is 3.46. The van der Waals surface area contributed by atoms with Crippen LogP contribution in [0.15, 0.2) is 24.4 Å². The molecule has 0 spiro atoms. The Morgan fingerprint density at radius 3 is 2.78 bits per heavy atom. The van der Waals surface area contributed by atoms with Gasteiger partial charge in [-0.25, -0.2) is 0 Å². The number of aldehydes is 1. The van der Waals surface area contributed by atoms with E-state index < -0.39 is 0 Å². The Hall–Kier alpha value is -2.10. The molecule has 2 aromatic rings. The lowest BCUT2D eigenvalue weighted by Crippen LogP contribution is -2.01. The third-order valence-corrected chi connectivity index (χ3v) is 2.76. The van der Waals surface area contributed by atoms with Crippen molar-refractivity contribution < 1.29 is 9.53 Å². The molecule has 0 radical (unpaired) electrons. The molecule has 18 heavy (non-hydrogen) atoms. The molecule has 0 saturated carbocycles. The fourth-order valence-electron chi connectivity index (χ4n) is 1.90. The molecule has 94 valence electrons. The molecule has 4 nitrogen and oxygen atoms in total. The van der Waals surface area contributed by atoms with Crippen molar-refractivity contribution in [1.82, 2.24) is 9.78 Å². The molecule has 0 aliphatic carbocycles. The van der Waals surface area contributed by atoms with Gasteiger partial charge in [0.25, 0.3) is 0 Å². The molecule has 1 aromatic heterocycles. The first-order valence-electron chi connectivity index (χ1n) is 5.78. The van der Waals surface area contributed by atoms with Gasteiger partial charge in [-0.2, -0.15) is 5.10 Å². The van der Waals surface area contributed by atoms with E-state index in [1.54, 1.807) is 4.68 Å². The van der Waals surface area contributed by atoms with Gasteiger partial charge in [-0.3, -0.25) is 9.48 Å². The number of aryl methyl sites for hydroxylation is 3. The molecule has 0 amide bonds. The third kappa shape index (κ3) is 2.59. The standard InChI is InChI=1S/C14H16N2O2/c1-10-6-11(2)13(8-17)14(7-10)18-9-12-4-5-16(3)15-12/h4-8H,9H2,1-3H3. The van der Waals surface area contributed by atoms with E-state index >= 15 is 0 Å². The number of hydrogen-bond acceptors (Lipinski definition) is 3. The van der Waals surface area contributed by atoms with Crippen LogP contribution in [-0.2, 0) is 13.7 Å². The summed E-state index contributed by atoms with van der Waals surface area (Å²) in [5.74, 6) is 0.619. The van der Waals surface area contributed by atoms with Crippen molar-refractivity contribution in [3.63, 3.8) is 0 Å². The van der Waals surface area contributed by atoms with Crippen molar-refractivity contribution in [2.75, 3.05) is 0 Å². The van der Waals surface area contributed by atoms with Crippen LogP contribution in [0.4, 0.5) is 0 Å². The summed E-state index contributed by atoms with van der Waals surface area (Å²) in [6.07, 6.45) is 2.70. The van der Waals surface area contributed by atoms with Crippen molar-refractivity contribution in [3.8, 4) is 5.75 Å². The molecule has 1 aromatic carbocycles. The molecule has 0 unspecified atom stereocenters. The second kappa shape index (κ2) is 5.04. The summed E-state index contributed by atoms with van der Waals surface area (Å²) in [6, 6.07) is 5.74. The van der Waals surface area contributed by atoms with E-state index in [1.807, 2.05) is 45.3 Å². The SMILES string of the molecule is Cc1cc(C)c(C=O)c(OCc2ccn(C)n2)c1. The number of nitrogens with zero attached hydrogens (tertiary/aromatic N) is 2. The van der Waals surface area contributed by atoms with Crippen LogP contribution in [0.2, 0.25) is 0 Å². The Labute approximate surface area is 106 Å². The van der Waals surface area contributed by atoms with Crippen LogP contribution in [-0.4, -0.2) is 16.1 Å². The fourth-order valence-corrected chi connectivity index (χ4v) is 1.90. The fraction of sp³-hybridized carbons (Fsp3) is 0.286. The molecule has 1 heterocycles. The Bertz CT molecular complexity index is 573. The number of hydrogen-bond donors (Lipinski definition) is 0. The second-order valence-electron chi connectivity index (χ2n) is 4.38. The first kappa shape index (κ1) is 12.4. The summed E-state index contributed by atoms with van der Waals surface area (Å²) in [4.78, 5) is 11.1. The van der Waals surface area contributed by atoms with Gasteiger partial charge in [-0.15, -0.1) is 0 Å². The summed E-state index contributed by atoms with van der Waals surface area (Å²) in [7, 11) is 1.86. The maximum absolute atomic E-state index is 11.1. The number of carbonyl (C=O) groups excluding carboxylic acids is 1. The number of ether oxygens (including phenoxy) is 1. The van der Waals surface area contributed by atoms with Crippen LogP contribution >= 0.6 is 0 Å². The summed E-state index contributed by atoms with van der Waals surface area (Å²) >= 11 is 0. The van der Waals surface area contributed by atoms with Gasteiger partial charge in [0.2, 0.25) is 0 Å². The maximum atomic E-state index is 11.1. The molecule has 0 aliphatic heterocycles. The Morgan fingerprint density at radius 1 is 1.39 bits per heavy atom. The van der Waals surface area contributed by atoms with Crippen LogP contribution in [0.25, 0.3) is 0 Å². The third-order valence-electron chi connectivity index (χ3n) is 2.76. The lowest BCUT2D eigenvalue weighted by molar-refractivity contribution is 0.111. The normalized spacial score (nSPS) is 10.4. The first-order valence-corrected chi connectivity index (χ1v) is 5.78. The minimum absolute atomic E-state index is 0.366. The van der Waals surface area contributed by atoms with E-state index in [2.05, 4.69) is 5.10 Å². The quantitative estimate of drug-likeness (QED) is 0.776. The largest absolute Gasteiger partial charge is 0.486 e. The van der Waals surface area contributed by atoms with Crippen molar-refractivity contribution in [2.45, 2.75) is 20.5 Å². The molecule has 0 saturated heterocycles. The molecule has 0 atom stereocenters. The molecular formula is C14H16N2O2. The molecule has 0 N–H and O–H groups in total. The highest BCUT2D eigenvalue weighted by Gasteiger charge is 2.08. The zero-order chi connectivity index (χ0) is 13.1. The zero-order valence-corrected chi connectivity index (χ0v) is 10.8. The number of aromatic nitrogens is 2. The van der Waals surface area contributed by atoms with Gasteiger partial charge in [0, 0.05) is 13.2 Å². The van der Waals surface area contributed by atoms with E-state index in [9.17, 15) is 4.79 Å². The first-order chi connectivity index (χ1) is 8.60. The van der Waals surface area contributed by atoms with Crippen LogP contribution in [0.3, 0.4) is 0 Å². The average molecular weight is 244 g/mol. The molecule has 0 aliphatic rings. The maximum Gasteiger partial charge on any atom is 0.154 e. The van der Waals surface area contributed by atoms with E-state index in [0.717, 1.165) is 23.1 Å². The molecule has 0 fully saturated rings. The van der Waals surface area contributed by atoms with Crippen molar-refractivity contribution >= 4 is 6.29 Å². The minimum Gasteiger partial charge on any atom is -0.486 e. The van der Waals surface area contributed by atoms with Crippen LogP contribution in [0.1, 0.15) is 27.2 Å². The summed E-state index contributed by atoms with van der Waals surface area (Å²) < 4.78 is 7.41. The van der Waals surface area contributed by atoms with E-state index in [0.29, 0.717) is 17.9 Å². The monoisotopic (exact) mass is 244 g/mol. The zero-order valence-electron chi connectivity index (χ0n) is 10.8. The van der Waals surface area contributed by atoms with Gasteiger partial charge >= 0.3 is 0 Å². The van der Waals surface area contributed by atoms with Crippen LogP contribution < -0.4 is 4.74 Å². The lowest BCUT2D eigenvalue weighted by Gasteiger charge is -2.10. The average Bonchev–Trinajstić information content (AvgIpc) is 2.72. The summed E-state index contributed by atoms with van der Waals surface area (Å²) in [5, 5.41) is 4.23. The summed E-state index contributed by atoms with van der Waals surface area (Å²) in [5.41, 5.74) is 3.46. The number of benzene rings is 1. The van der Waals surface area contributed by atoms with Crippen LogP contribution in [0, 0.1) is 13.8 Å². The topological polar surface area (TPSA) is 44.1 Å². The predicted octanol–water partition coefficient (Wildman–Crippen LogP) is 2.43. The second-order valence-corrected chi connectivity index (χ2v) is 4.38. The van der Waals surface area contributed by atoms with Gasteiger partial charge in [-0.1, -0.05) is 6.07 Å². The van der Waals surface area contributed by atoms with Gasteiger partial charge in [-0.05, 0) is 37.1 Å². The Morgan fingerprint density at radius 2 is 2.17 bits per heavy atom.